The van der Waals surface area contributed by atoms with Crippen LogP contribution in [-0.2, 0) is 9.59 Å². The van der Waals surface area contributed by atoms with Gasteiger partial charge in [-0.1, -0.05) is 18.7 Å². The van der Waals surface area contributed by atoms with Gasteiger partial charge in [0.05, 0.1) is 11.3 Å². The molecule has 0 bridgehead atoms. The van der Waals surface area contributed by atoms with Crippen molar-refractivity contribution in [3.05, 3.63) is 47.2 Å². The zero-order chi connectivity index (χ0) is 15.1. The summed E-state index contributed by atoms with van der Waals surface area (Å²) in [5.74, 6) is -0.993. The summed E-state index contributed by atoms with van der Waals surface area (Å²) < 4.78 is 0. The molecule has 5 heteroatoms. The number of carbonyl (C=O) groups excluding carboxylic acids is 3. The first kappa shape index (κ1) is 13.3. The van der Waals surface area contributed by atoms with Crippen LogP contribution in [0.4, 0.5) is 0 Å². The number of amides is 3. The second-order valence-corrected chi connectivity index (χ2v) is 5.16. The molecule has 2 heterocycles. The Morgan fingerprint density at radius 1 is 1.33 bits per heavy atom. The third-order valence-electron chi connectivity index (χ3n) is 3.89. The number of benzene rings is 1. The van der Waals surface area contributed by atoms with E-state index in [-0.39, 0.29) is 18.2 Å². The Balaban J connectivity index is 2.08. The average molecular weight is 282 g/mol. The molecule has 0 aliphatic carbocycles. The van der Waals surface area contributed by atoms with E-state index < -0.39 is 11.9 Å². The second-order valence-electron chi connectivity index (χ2n) is 5.16. The highest BCUT2D eigenvalue weighted by atomic mass is 16.2. The van der Waals surface area contributed by atoms with E-state index in [9.17, 15) is 14.4 Å². The normalized spacial score (nSPS) is 21.2. The van der Waals surface area contributed by atoms with Crippen molar-refractivity contribution >= 4 is 23.4 Å². The molecule has 2 aliphatic rings. The summed E-state index contributed by atoms with van der Waals surface area (Å²) in [6, 6.07) is 4.75. The lowest BCUT2D eigenvalue weighted by molar-refractivity contribution is -0.136. The van der Waals surface area contributed by atoms with Gasteiger partial charge in [-0.25, -0.2) is 0 Å². The first-order chi connectivity index (χ1) is 10.0. The smallest absolute Gasteiger partial charge is 0.260 e. The van der Waals surface area contributed by atoms with Crippen LogP contribution in [0.15, 0.2) is 30.5 Å². The highest BCUT2D eigenvalue weighted by Crippen LogP contribution is 2.37. The number of rotatable bonds is 1. The Morgan fingerprint density at radius 2 is 2.10 bits per heavy atom. The number of nitrogens with one attached hydrogen (secondary N) is 1. The molecule has 0 saturated carbocycles. The summed E-state index contributed by atoms with van der Waals surface area (Å²) >= 11 is 0. The van der Waals surface area contributed by atoms with E-state index in [0.29, 0.717) is 17.7 Å². The molecule has 5 nitrogen and oxygen atoms in total. The molecule has 0 aromatic heterocycles. The van der Waals surface area contributed by atoms with Crippen LogP contribution >= 0.6 is 0 Å². The maximum Gasteiger partial charge on any atom is 0.260 e. The van der Waals surface area contributed by atoms with E-state index in [1.165, 1.54) is 4.90 Å². The summed E-state index contributed by atoms with van der Waals surface area (Å²) in [5, 5.41) is 2.28. The third-order valence-corrected chi connectivity index (χ3v) is 3.89. The first-order valence-corrected chi connectivity index (χ1v) is 6.72. The van der Waals surface area contributed by atoms with Crippen LogP contribution in [0.5, 0.6) is 0 Å². The number of carbonyl (C=O) groups is 3. The molecule has 1 fully saturated rings. The van der Waals surface area contributed by atoms with Crippen molar-refractivity contribution in [3.63, 3.8) is 0 Å². The van der Waals surface area contributed by atoms with Gasteiger partial charge in [0.15, 0.2) is 0 Å². The minimum atomic E-state index is -0.689. The van der Waals surface area contributed by atoms with Crippen molar-refractivity contribution in [2.24, 2.45) is 0 Å². The molecule has 1 aromatic rings. The maximum absolute atomic E-state index is 12.6. The van der Waals surface area contributed by atoms with Gasteiger partial charge in [-0.05, 0) is 25.0 Å². The number of piperidine rings is 1. The Bertz CT molecular complexity index is 729. The SMILES string of the molecule is C=C=C1c2c(C)cccc2C(=O)N1C1CCC(=O)NC1=O. The average Bonchev–Trinajstić information content (AvgIpc) is 2.73. The zero-order valence-electron chi connectivity index (χ0n) is 11.6. The van der Waals surface area contributed by atoms with Crippen molar-refractivity contribution in [2.75, 3.05) is 0 Å². The molecule has 2 aliphatic heterocycles. The minimum absolute atomic E-state index is 0.222. The third kappa shape index (κ3) is 1.90. The monoisotopic (exact) mass is 282 g/mol. The molecular formula is C16H14N2O3. The predicted molar refractivity (Wildman–Crippen MR) is 76.1 cm³/mol. The fourth-order valence-corrected chi connectivity index (χ4v) is 2.91. The number of nitrogens with zero attached hydrogens (tertiary/aromatic N) is 1. The topological polar surface area (TPSA) is 66.5 Å². The van der Waals surface area contributed by atoms with E-state index in [0.717, 1.165) is 11.1 Å². The van der Waals surface area contributed by atoms with Gasteiger partial charge in [0.2, 0.25) is 11.8 Å². The van der Waals surface area contributed by atoms with Crippen molar-refractivity contribution in [3.8, 4) is 0 Å². The van der Waals surface area contributed by atoms with E-state index in [1.54, 1.807) is 12.1 Å². The van der Waals surface area contributed by atoms with Crippen LogP contribution in [0.2, 0.25) is 0 Å². The van der Waals surface area contributed by atoms with Gasteiger partial charge in [0, 0.05) is 12.0 Å². The lowest BCUT2D eigenvalue weighted by atomic mass is 10.0. The van der Waals surface area contributed by atoms with Crippen molar-refractivity contribution < 1.29 is 14.4 Å². The summed E-state index contributed by atoms with van der Waals surface area (Å²) in [6.07, 6.45) is 0.536. The van der Waals surface area contributed by atoms with Gasteiger partial charge in [-0.3, -0.25) is 24.6 Å². The first-order valence-electron chi connectivity index (χ1n) is 6.72. The van der Waals surface area contributed by atoms with Crippen LogP contribution in [0.3, 0.4) is 0 Å². The van der Waals surface area contributed by atoms with Gasteiger partial charge in [0.1, 0.15) is 6.04 Å². The molecule has 3 rings (SSSR count). The van der Waals surface area contributed by atoms with E-state index in [2.05, 4.69) is 17.6 Å². The molecule has 1 aromatic carbocycles. The number of aryl methyl sites for hydroxylation is 1. The highest BCUT2D eigenvalue weighted by Gasteiger charge is 2.42. The molecule has 21 heavy (non-hydrogen) atoms. The van der Waals surface area contributed by atoms with Crippen LogP contribution < -0.4 is 5.32 Å². The Labute approximate surface area is 121 Å². The van der Waals surface area contributed by atoms with Gasteiger partial charge in [0.25, 0.3) is 5.91 Å². The number of hydrogen-bond acceptors (Lipinski definition) is 3. The van der Waals surface area contributed by atoms with Crippen LogP contribution in [-0.4, -0.2) is 28.7 Å². The Morgan fingerprint density at radius 3 is 2.76 bits per heavy atom. The standard InChI is InChI=1S/C16H14N2O3/c1-3-11-14-9(2)5-4-6-10(14)16(21)18(11)12-7-8-13(19)17-15(12)20/h4-6,12H,1,7-8H2,2H3,(H,17,19,20). The number of fused-ring (bicyclic) bond motifs is 1. The largest absolute Gasteiger partial charge is 0.295 e. The van der Waals surface area contributed by atoms with Crippen molar-refractivity contribution in [1.29, 1.82) is 0 Å². The molecule has 1 saturated heterocycles. The molecule has 1 atom stereocenters. The molecule has 3 amide bonds. The molecule has 1 N–H and O–H groups in total. The summed E-state index contributed by atoms with van der Waals surface area (Å²) in [7, 11) is 0. The van der Waals surface area contributed by atoms with Crippen LogP contribution in [0, 0.1) is 6.92 Å². The second kappa shape index (κ2) is 4.72. The van der Waals surface area contributed by atoms with E-state index in [1.807, 2.05) is 13.0 Å². The lowest BCUT2D eigenvalue weighted by Crippen LogP contribution is -2.52. The molecule has 106 valence electrons. The fraction of sp³-hybridized carbons (Fsp3) is 0.250. The molecule has 1 unspecified atom stereocenters. The van der Waals surface area contributed by atoms with Gasteiger partial charge in [-0.2, -0.15) is 0 Å². The van der Waals surface area contributed by atoms with Gasteiger partial charge >= 0.3 is 0 Å². The van der Waals surface area contributed by atoms with E-state index >= 15 is 0 Å². The predicted octanol–water partition coefficient (Wildman–Crippen LogP) is 1.38. The van der Waals surface area contributed by atoms with Gasteiger partial charge < -0.3 is 0 Å². The van der Waals surface area contributed by atoms with Crippen molar-refractivity contribution in [2.45, 2.75) is 25.8 Å². The van der Waals surface area contributed by atoms with Crippen LogP contribution in [0.25, 0.3) is 5.70 Å². The van der Waals surface area contributed by atoms with E-state index in [4.69, 9.17) is 0 Å². The minimum Gasteiger partial charge on any atom is -0.295 e. The quantitative estimate of drug-likeness (QED) is 0.625. The summed E-state index contributed by atoms with van der Waals surface area (Å²) in [4.78, 5) is 37.3. The number of imide groups is 1. The Kier molecular flexibility index (Phi) is 3.00. The number of hydrogen-bond donors (Lipinski definition) is 1. The highest BCUT2D eigenvalue weighted by molar-refractivity contribution is 6.13. The Hall–Kier alpha value is -2.65. The zero-order valence-corrected chi connectivity index (χ0v) is 11.6. The van der Waals surface area contributed by atoms with Gasteiger partial charge in [-0.15, -0.1) is 5.73 Å². The summed E-state index contributed by atoms with van der Waals surface area (Å²) in [6.45, 7) is 5.55. The molecule has 0 spiro atoms. The maximum atomic E-state index is 12.6. The fourth-order valence-electron chi connectivity index (χ4n) is 2.91. The molecule has 0 radical (unpaired) electrons. The lowest BCUT2D eigenvalue weighted by Gasteiger charge is -2.29. The molecular weight excluding hydrogens is 268 g/mol. The summed E-state index contributed by atoms with van der Waals surface area (Å²) in [5.41, 5.74) is 5.54. The van der Waals surface area contributed by atoms with Crippen LogP contribution in [0.1, 0.15) is 34.3 Å². The van der Waals surface area contributed by atoms with Crippen molar-refractivity contribution in [1.82, 2.24) is 10.2 Å².